The normalized spacial score (nSPS) is 12.1. The average molecular weight is 241 g/mol. The standard InChI is InChI=1S/C11H15NO5/c1-2-9-7(4-6-17-9)10(14)12-8(3-5-13)11(15)16/h4,6,8,13H,2-3,5H2,1H3,(H,12,14)(H,15,16)/t8-/m1/s1. The molecule has 0 fully saturated rings. The molecule has 6 nitrogen and oxygen atoms in total. The van der Waals surface area contributed by atoms with E-state index in [0.717, 1.165) is 0 Å². The number of hydrogen-bond acceptors (Lipinski definition) is 4. The van der Waals surface area contributed by atoms with Gasteiger partial charge in [0.05, 0.1) is 11.8 Å². The number of carboxylic acid groups (broad SMARTS) is 1. The third kappa shape index (κ3) is 3.32. The second-order valence-corrected chi connectivity index (χ2v) is 3.49. The van der Waals surface area contributed by atoms with Crippen LogP contribution in [0.5, 0.6) is 0 Å². The molecule has 94 valence electrons. The van der Waals surface area contributed by atoms with Crippen molar-refractivity contribution in [1.82, 2.24) is 5.32 Å². The second kappa shape index (κ2) is 6.05. The van der Waals surface area contributed by atoms with Crippen molar-refractivity contribution in [3.63, 3.8) is 0 Å². The van der Waals surface area contributed by atoms with Gasteiger partial charge >= 0.3 is 5.97 Å². The van der Waals surface area contributed by atoms with E-state index in [0.29, 0.717) is 17.7 Å². The zero-order valence-corrected chi connectivity index (χ0v) is 9.47. The molecule has 6 heteroatoms. The summed E-state index contributed by atoms with van der Waals surface area (Å²) >= 11 is 0. The molecule has 3 N–H and O–H groups in total. The molecule has 0 saturated carbocycles. The Morgan fingerprint density at radius 2 is 2.24 bits per heavy atom. The lowest BCUT2D eigenvalue weighted by Gasteiger charge is -2.12. The topological polar surface area (TPSA) is 99.8 Å². The molecule has 0 spiro atoms. The zero-order valence-electron chi connectivity index (χ0n) is 9.47. The summed E-state index contributed by atoms with van der Waals surface area (Å²) < 4.78 is 5.08. The molecule has 0 aliphatic carbocycles. The van der Waals surface area contributed by atoms with Gasteiger partial charge in [-0.25, -0.2) is 4.79 Å². The van der Waals surface area contributed by atoms with Crippen molar-refractivity contribution in [2.24, 2.45) is 0 Å². The summed E-state index contributed by atoms with van der Waals surface area (Å²) in [6.45, 7) is 1.53. The van der Waals surface area contributed by atoms with Crippen LogP contribution in [0.4, 0.5) is 0 Å². The van der Waals surface area contributed by atoms with Gasteiger partial charge in [-0.3, -0.25) is 4.79 Å². The number of nitrogens with one attached hydrogen (secondary N) is 1. The Morgan fingerprint density at radius 1 is 1.53 bits per heavy atom. The Hall–Kier alpha value is -1.82. The van der Waals surface area contributed by atoms with E-state index >= 15 is 0 Å². The van der Waals surface area contributed by atoms with E-state index in [1.54, 1.807) is 0 Å². The average Bonchev–Trinajstić information content (AvgIpc) is 2.76. The Kier molecular flexibility index (Phi) is 4.71. The summed E-state index contributed by atoms with van der Waals surface area (Å²) in [5.41, 5.74) is 0.330. The van der Waals surface area contributed by atoms with Crippen molar-refractivity contribution in [2.75, 3.05) is 6.61 Å². The van der Waals surface area contributed by atoms with Crippen LogP contribution in [0, 0.1) is 0 Å². The van der Waals surface area contributed by atoms with Crippen molar-refractivity contribution >= 4 is 11.9 Å². The van der Waals surface area contributed by atoms with Crippen LogP contribution in [0.15, 0.2) is 16.7 Å². The van der Waals surface area contributed by atoms with Gasteiger partial charge in [-0.05, 0) is 6.07 Å². The summed E-state index contributed by atoms with van der Waals surface area (Å²) in [5.74, 6) is -1.17. The molecule has 1 aromatic rings. The van der Waals surface area contributed by atoms with Gasteiger partial charge in [0, 0.05) is 19.4 Å². The highest BCUT2D eigenvalue weighted by Gasteiger charge is 2.22. The predicted octanol–water partition coefficient (Wildman–Crippen LogP) is 0.407. The predicted molar refractivity (Wildman–Crippen MR) is 58.7 cm³/mol. The molecule has 17 heavy (non-hydrogen) atoms. The quantitative estimate of drug-likeness (QED) is 0.669. The molecule has 0 aromatic carbocycles. The first-order valence-electron chi connectivity index (χ1n) is 5.31. The first-order chi connectivity index (χ1) is 8.10. The SMILES string of the molecule is CCc1occc1C(=O)N[C@H](CCO)C(=O)O. The molecular formula is C11H15NO5. The Balaban J connectivity index is 2.73. The first-order valence-corrected chi connectivity index (χ1v) is 5.31. The molecule has 1 amide bonds. The monoisotopic (exact) mass is 241 g/mol. The van der Waals surface area contributed by atoms with Crippen molar-refractivity contribution in [1.29, 1.82) is 0 Å². The summed E-state index contributed by atoms with van der Waals surface area (Å²) in [6, 6.07) is 0.401. The fourth-order valence-corrected chi connectivity index (χ4v) is 1.44. The molecule has 0 aliphatic heterocycles. The van der Waals surface area contributed by atoms with Crippen LogP contribution in [-0.2, 0) is 11.2 Å². The van der Waals surface area contributed by atoms with Crippen LogP contribution in [0.2, 0.25) is 0 Å². The van der Waals surface area contributed by atoms with E-state index in [9.17, 15) is 9.59 Å². The highest BCUT2D eigenvalue weighted by molar-refractivity contribution is 5.97. The van der Waals surface area contributed by atoms with Crippen LogP contribution in [0.25, 0.3) is 0 Å². The van der Waals surface area contributed by atoms with Crippen molar-refractivity contribution in [3.05, 3.63) is 23.7 Å². The first kappa shape index (κ1) is 13.2. The summed E-state index contributed by atoms with van der Waals surface area (Å²) in [7, 11) is 0. The van der Waals surface area contributed by atoms with Crippen molar-refractivity contribution < 1.29 is 24.2 Å². The van der Waals surface area contributed by atoms with Crippen LogP contribution in [-0.4, -0.2) is 34.7 Å². The number of carboxylic acids is 1. The van der Waals surface area contributed by atoms with E-state index in [1.807, 2.05) is 6.92 Å². The summed E-state index contributed by atoms with van der Waals surface area (Å²) in [6.07, 6.45) is 1.91. The summed E-state index contributed by atoms with van der Waals surface area (Å²) in [4.78, 5) is 22.6. The van der Waals surface area contributed by atoms with Gasteiger partial charge in [-0.2, -0.15) is 0 Å². The molecule has 1 atom stereocenters. The highest BCUT2D eigenvalue weighted by Crippen LogP contribution is 2.11. The molecule has 1 aromatic heterocycles. The van der Waals surface area contributed by atoms with Crippen molar-refractivity contribution in [3.8, 4) is 0 Å². The number of carbonyl (C=O) groups is 2. The maximum atomic E-state index is 11.8. The number of furan rings is 1. The Bertz CT molecular complexity index is 398. The van der Waals surface area contributed by atoms with Gasteiger partial charge < -0.3 is 19.9 Å². The maximum absolute atomic E-state index is 11.8. The number of aliphatic hydroxyl groups excluding tert-OH is 1. The molecule has 0 aliphatic rings. The van der Waals surface area contributed by atoms with Gasteiger partial charge in [0.2, 0.25) is 0 Å². The Morgan fingerprint density at radius 3 is 2.76 bits per heavy atom. The smallest absolute Gasteiger partial charge is 0.326 e. The zero-order chi connectivity index (χ0) is 12.8. The summed E-state index contributed by atoms with van der Waals surface area (Å²) in [5, 5.41) is 19.9. The highest BCUT2D eigenvalue weighted by atomic mass is 16.4. The number of rotatable bonds is 6. The lowest BCUT2D eigenvalue weighted by Crippen LogP contribution is -2.41. The van der Waals surface area contributed by atoms with Gasteiger partial charge in [0.15, 0.2) is 0 Å². The number of carbonyl (C=O) groups excluding carboxylic acids is 1. The van der Waals surface area contributed by atoms with Crippen LogP contribution in [0.3, 0.4) is 0 Å². The molecule has 0 unspecified atom stereocenters. The van der Waals surface area contributed by atoms with Gasteiger partial charge in [0.25, 0.3) is 5.91 Å². The third-order valence-corrected chi connectivity index (χ3v) is 2.33. The largest absolute Gasteiger partial charge is 0.480 e. The van der Waals surface area contributed by atoms with Crippen molar-refractivity contribution in [2.45, 2.75) is 25.8 Å². The van der Waals surface area contributed by atoms with Gasteiger partial charge in [-0.15, -0.1) is 0 Å². The maximum Gasteiger partial charge on any atom is 0.326 e. The lowest BCUT2D eigenvalue weighted by atomic mass is 10.1. The number of amides is 1. The van der Waals surface area contributed by atoms with E-state index < -0.39 is 17.9 Å². The Labute approximate surface area is 98.2 Å². The minimum atomic E-state index is -1.17. The molecule has 1 heterocycles. The number of aryl methyl sites for hydroxylation is 1. The van der Waals surface area contributed by atoms with Crippen LogP contribution in [0.1, 0.15) is 29.5 Å². The minimum absolute atomic E-state index is 0.0274. The number of aliphatic carboxylic acids is 1. The fraction of sp³-hybridized carbons (Fsp3) is 0.455. The van der Waals surface area contributed by atoms with E-state index in [2.05, 4.69) is 5.32 Å². The third-order valence-electron chi connectivity index (χ3n) is 2.33. The van der Waals surface area contributed by atoms with Gasteiger partial charge in [-0.1, -0.05) is 6.92 Å². The number of hydrogen-bond donors (Lipinski definition) is 3. The molecule has 1 rings (SSSR count). The molecule has 0 bridgehead atoms. The van der Waals surface area contributed by atoms with Crippen LogP contribution < -0.4 is 5.32 Å². The molecule has 0 radical (unpaired) electrons. The molecular weight excluding hydrogens is 226 g/mol. The fourth-order valence-electron chi connectivity index (χ4n) is 1.44. The lowest BCUT2D eigenvalue weighted by molar-refractivity contribution is -0.139. The van der Waals surface area contributed by atoms with Gasteiger partial charge in [0.1, 0.15) is 11.8 Å². The van der Waals surface area contributed by atoms with E-state index in [1.165, 1.54) is 12.3 Å². The van der Waals surface area contributed by atoms with E-state index in [4.69, 9.17) is 14.6 Å². The minimum Gasteiger partial charge on any atom is -0.480 e. The van der Waals surface area contributed by atoms with Crippen LogP contribution >= 0.6 is 0 Å². The number of aliphatic hydroxyl groups is 1. The second-order valence-electron chi connectivity index (χ2n) is 3.49. The van der Waals surface area contributed by atoms with E-state index in [-0.39, 0.29) is 13.0 Å². The molecule has 0 saturated heterocycles.